The van der Waals surface area contributed by atoms with Gasteiger partial charge < -0.3 is 29.7 Å². The largest absolute Gasteiger partial charge is 0.463 e. The van der Waals surface area contributed by atoms with Crippen molar-refractivity contribution in [2.24, 2.45) is 11.8 Å². The lowest BCUT2D eigenvalue weighted by Crippen LogP contribution is -2.58. The monoisotopic (exact) mass is 595 g/mol. The molecule has 1 aromatic carbocycles. The molecule has 0 radical (unpaired) electrons. The van der Waals surface area contributed by atoms with Crippen LogP contribution in [-0.4, -0.2) is 88.7 Å². The number of likely N-dealkylation sites (tertiary alicyclic amines) is 1. The number of allylic oxidation sites excluding steroid dienone is 1. The molecule has 0 aliphatic carbocycles. The molecule has 7 atom stereocenters. The number of benzene rings is 1. The fourth-order valence-corrected chi connectivity index (χ4v) is 7.08. The molecular formula is C33H45N3O7. The minimum atomic E-state index is -1.17. The molecule has 3 amide bonds. The van der Waals surface area contributed by atoms with Crippen molar-refractivity contribution in [2.75, 3.05) is 26.3 Å². The number of esters is 1. The summed E-state index contributed by atoms with van der Waals surface area (Å²) in [4.78, 5) is 57.7. The summed E-state index contributed by atoms with van der Waals surface area (Å²) in [5.74, 6) is -3.09. The van der Waals surface area contributed by atoms with Crippen molar-refractivity contribution < 1.29 is 33.8 Å². The van der Waals surface area contributed by atoms with Gasteiger partial charge in [0.25, 0.3) is 0 Å². The maximum Gasteiger partial charge on any atom is 0.306 e. The number of rotatable bonds is 16. The molecule has 4 rings (SSSR count). The lowest BCUT2D eigenvalue weighted by Gasteiger charge is -2.38. The minimum Gasteiger partial charge on any atom is -0.463 e. The van der Waals surface area contributed by atoms with E-state index in [4.69, 9.17) is 9.47 Å². The first-order valence-corrected chi connectivity index (χ1v) is 15.4. The molecule has 1 spiro atoms. The van der Waals surface area contributed by atoms with E-state index in [9.17, 15) is 24.3 Å². The second-order valence-electron chi connectivity index (χ2n) is 11.7. The van der Waals surface area contributed by atoms with Crippen LogP contribution < -0.4 is 5.32 Å². The van der Waals surface area contributed by atoms with Crippen LogP contribution in [0.2, 0.25) is 0 Å². The van der Waals surface area contributed by atoms with Crippen molar-refractivity contribution in [1.82, 2.24) is 15.1 Å². The van der Waals surface area contributed by atoms with Gasteiger partial charge >= 0.3 is 5.97 Å². The molecule has 234 valence electrons. The molecule has 10 nitrogen and oxygen atoms in total. The third kappa shape index (κ3) is 6.40. The highest BCUT2D eigenvalue weighted by molar-refractivity contribution is 5.99. The van der Waals surface area contributed by atoms with E-state index in [1.807, 2.05) is 37.3 Å². The van der Waals surface area contributed by atoms with E-state index >= 15 is 0 Å². The van der Waals surface area contributed by atoms with E-state index in [2.05, 4.69) is 25.4 Å². The third-order valence-corrected chi connectivity index (χ3v) is 9.01. The summed E-state index contributed by atoms with van der Waals surface area (Å²) in [6.45, 7) is 11.4. The fourth-order valence-electron chi connectivity index (χ4n) is 7.08. The maximum absolute atomic E-state index is 14.2. The molecule has 0 saturated carbocycles. The highest BCUT2D eigenvalue weighted by atomic mass is 16.5. The first-order valence-electron chi connectivity index (χ1n) is 15.4. The standard InChI is InChI=1S/C33H45N3O7/c1-5-8-15-26(38)42-21-24(23-13-10-9-11-14-23)34-30(39)27-25-16-17-33(43-25)28(27)31(40)36(19-20-37)29(33)32(41)35(18-7-3)22(4)12-6-2/h5,7,9-11,13-14,22,24-25,27-29,37H,1,3,6,8,12,15-21H2,2,4H3,(H,34,39)/t22?,24-,25+,27-,28-,29+,33-/m0/s1. The number of β-amino-alcohol motifs (C(OH)–C–C–N with tert-alkyl or cyclic N) is 1. The second-order valence-corrected chi connectivity index (χ2v) is 11.7. The summed E-state index contributed by atoms with van der Waals surface area (Å²) in [5.41, 5.74) is -0.412. The van der Waals surface area contributed by atoms with Gasteiger partial charge in [-0.3, -0.25) is 19.2 Å². The van der Waals surface area contributed by atoms with E-state index in [0.717, 1.165) is 18.4 Å². The van der Waals surface area contributed by atoms with Crippen molar-refractivity contribution in [1.29, 1.82) is 0 Å². The normalized spacial score (nSPS) is 26.9. The number of nitrogens with one attached hydrogen (secondary N) is 1. The summed E-state index contributed by atoms with van der Waals surface area (Å²) in [7, 11) is 0. The molecule has 1 aromatic rings. The van der Waals surface area contributed by atoms with E-state index in [0.29, 0.717) is 25.8 Å². The van der Waals surface area contributed by atoms with Gasteiger partial charge in [-0.1, -0.05) is 55.8 Å². The number of amides is 3. The number of hydrogen-bond acceptors (Lipinski definition) is 7. The molecule has 3 aliphatic rings. The van der Waals surface area contributed by atoms with Crippen molar-refractivity contribution in [3.05, 3.63) is 61.2 Å². The molecule has 2 bridgehead atoms. The zero-order chi connectivity index (χ0) is 31.1. The van der Waals surface area contributed by atoms with Gasteiger partial charge in [-0.05, 0) is 38.2 Å². The van der Waals surface area contributed by atoms with Crippen LogP contribution in [0.3, 0.4) is 0 Å². The summed E-state index contributed by atoms with van der Waals surface area (Å²) < 4.78 is 12.0. The molecule has 0 aromatic heterocycles. The van der Waals surface area contributed by atoms with Crippen LogP contribution in [0.1, 0.15) is 64.0 Å². The van der Waals surface area contributed by atoms with Crippen LogP contribution >= 0.6 is 0 Å². The Labute approximate surface area is 254 Å². The number of carbonyl (C=O) groups is 4. The van der Waals surface area contributed by atoms with Crippen molar-refractivity contribution in [2.45, 2.75) is 82.2 Å². The first-order chi connectivity index (χ1) is 20.7. The molecule has 1 unspecified atom stereocenters. The highest BCUT2D eigenvalue weighted by Gasteiger charge is 2.74. The Morgan fingerprint density at radius 1 is 1.26 bits per heavy atom. The lowest BCUT2D eigenvalue weighted by molar-refractivity contribution is -0.150. The van der Waals surface area contributed by atoms with Crippen LogP contribution in [0.5, 0.6) is 0 Å². The average Bonchev–Trinajstić information content (AvgIpc) is 3.64. The number of aliphatic hydroxyl groups excluding tert-OH is 1. The summed E-state index contributed by atoms with van der Waals surface area (Å²) >= 11 is 0. The van der Waals surface area contributed by atoms with Gasteiger partial charge in [-0.2, -0.15) is 0 Å². The number of nitrogens with zero attached hydrogens (tertiary/aromatic N) is 2. The molecular weight excluding hydrogens is 550 g/mol. The summed E-state index contributed by atoms with van der Waals surface area (Å²) in [5, 5.41) is 12.9. The Hall–Kier alpha value is -3.50. The summed E-state index contributed by atoms with van der Waals surface area (Å²) in [6.07, 6.45) is 6.10. The Morgan fingerprint density at radius 2 is 2.00 bits per heavy atom. The quantitative estimate of drug-likeness (QED) is 0.222. The van der Waals surface area contributed by atoms with Crippen LogP contribution in [0.15, 0.2) is 55.6 Å². The van der Waals surface area contributed by atoms with Crippen molar-refractivity contribution in [3.8, 4) is 0 Å². The van der Waals surface area contributed by atoms with Crippen LogP contribution in [-0.2, 0) is 28.7 Å². The summed E-state index contributed by atoms with van der Waals surface area (Å²) in [6, 6.07) is 7.52. The van der Waals surface area contributed by atoms with Gasteiger partial charge in [0.1, 0.15) is 18.2 Å². The number of ether oxygens (including phenoxy) is 2. The Morgan fingerprint density at radius 3 is 2.65 bits per heavy atom. The maximum atomic E-state index is 14.2. The van der Waals surface area contributed by atoms with Crippen molar-refractivity contribution in [3.63, 3.8) is 0 Å². The van der Waals surface area contributed by atoms with E-state index in [-0.39, 0.29) is 49.9 Å². The zero-order valence-corrected chi connectivity index (χ0v) is 25.3. The van der Waals surface area contributed by atoms with Gasteiger partial charge in [0.2, 0.25) is 17.7 Å². The van der Waals surface area contributed by atoms with Gasteiger partial charge in [-0.15, -0.1) is 13.2 Å². The number of aliphatic hydroxyl groups is 1. The van der Waals surface area contributed by atoms with E-state index in [1.54, 1.807) is 17.1 Å². The molecule has 2 N–H and O–H groups in total. The Kier molecular flexibility index (Phi) is 10.8. The molecule has 3 aliphatic heterocycles. The molecule has 3 saturated heterocycles. The average molecular weight is 596 g/mol. The third-order valence-electron chi connectivity index (χ3n) is 9.01. The molecule has 3 heterocycles. The molecule has 3 fully saturated rings. The van der Waals surface area contributed by atoms with Crippen LogP contribution in [0, 0.1) is 11.8 Å². The predicted octanol–water partition coefficient (Wildman–Crippen LogP) is 2.92. The topological polar surface area (TPSA) is 125 Å². The number of carbonyl (C=O) groups excluding carboxylic acids is 4. The SMILES string of the molecule is C=CCCC(=O)OC[C@H](NC(=O)[C@@H]1[C@H]2C(=O)N(CCO)[C@H](C(=O)N(CC=C)C(C)CCC)[C@]23CC[C@H]1O3)c1ccccc1. The molecule has 10 heteroatoms. The van der Waals surface area contributed by atoms with Gasteiger partial charge in [0.05, 0.1) is 30.6 Å². The van der Waals surface area contributed by atoms with Crippen LogP contribution in [0.4, 0.5) is 0 Å². The highest BCUT2D eigenvalue weighted by Crippen LogP contribution is 2.58. The predicted molar refractivity (Wildman–Crippen MR) is 160 cm³/mol. The fraction of sp³-hybridized carbons (Fsp3) is 0.576. The Balaban J connectivity index is 1.61. The van der Waals surface area contributed by atoms with Crippen LogP contribution in [0.25, 0.3) is 0 Å². The first kappa shape index (κ1) is 32.4. The van der Waals surface area contributed by atoms with E-state index < -0.39 is 41.6 Å². The molecule has 43 heavy (non-hydrogen) atoms. The number of hydrogen-bond donors (Lipinski definition) is 2. The van der Waals surface area contributed by atoms with Gasteiger partial charge in [0.15, 0.2) is 0 Å². The van der Waals surface area contributed by atoms with Crippen molar-refractivity contribution >= 4 is 23.7 Å². The lowest BCUT2D eigenvalue weighted by atomic mass is 9.70. The zero-order valence-electron chi connectivity index (χ0n) is 25.3. The van der Waals surface area contributed by atoms with Gasteiger partial charge in [-0.25, -0.2) is 0 Å². The Bertz CT molecular complexity index is 1190. The minimum absolute atomic E-state index is 0.0345. The van der Waals surface area contributed by atoms with Gasteiger partial charge in [0, 0.05) is 25.6 Å². The second kappa shape index (κ2) is 14.3. The number of fused-ring (bicyclic) bond motifs is 1. The smallest absolute Gasteiger partial charge is 0.306 e. The van der Waals surface area contributed by atoms with E-state index in [1.165, 1.54) is 4.90 Å².